The van der Waals surface area contributed by atoms with Crippen LogP contribution in [0.15, 0.2) is 64.0 Å². The first-order valence-corrected chi connectivity index (χ1v) is 11.6. The van der Waals surface area contributed by atoms with Gasteiger partial charge >= 0.3 is 0 Å². The summed E-state index contributed by atoms with van der Waals surface area (Å²) >= 11 is 8.47. The average Bonchev–Trinajstić information content (AvgIpc) is 2.67. The molecule has 0 saturated carbocycles. The van der Waals surface area contributed by atoms with Crippen molar-refractivity contribution in [3.05, 3.63) is 76.0 Å². The van der Waals surface area contributed by atoms with E-state index in [4.69, 9.17) is 12.2 Å². The van der Waals surface area contributed by atoms with Crippen LogP contribution in [0.3, 0.4) is 0 Å². The van der Waals surface area contributed by atoms with Crippen molar-refractivity contribution in [3.63, 3.8) is 0 Å². The van der Waals surface area contributed by atoms with Crippen molar-refractivity contribution in [1.29, 1.82) is 0 Å². The number of rotatable bonds is 5. The van der Waals surface area contributed by atoms with Crippen LogP contribution in [0.5, 0.6) is 0 Å². The Bertz CT molecular complexity index is 1210. The highest BCUT2D eigenvalue weighted by Gasteiger charge is 2.16. The van der Waals surface area contributed by atoms with Crippen molar-refractivity contribution >= 4 is 60.8 Å². The third-order valence-corrected chi connectivity index (χ3v) is 6.04. The standard InChI is InChI=1S/C20H18BrN5O3S2/c1-12-11-13(2)23-19(22-12)26-31(28,29)17-9-7-16(8-10-17)24-20(30)25-18(27)14-3-5-15(21)6-4-14/h3-11H,1-2H3,(H,22,23,26)(H2,24,25,27,30). The Morgan fingerprint density at radius 2 is 1.55 bits per heavy atom. The second-order valence-electron chi connectivity index (χ2n) is 6.52. The molecule has 31 heavy (non-hydrogen) atoms. The number of halogens is 1. The molecule has 0 fully saturated rings. The lowest BCUT2D eigenvalue weighted by molar-refractivity contribution is 0.0977. The Morgan fingerprint density at radius 3 is 2.13 bits per heavy atom. The molecule has 3 N–H and O–H groups in total. The third-order valence-electron chi connectivity index (χ3n) is 3.96. The Morgan fingerprint density at radius 1 is 0.968 bits per heavy atom. The summed E-state index contributed by atoms with van der Waals surface area (Å²) in [6, 6.07) is 14.5. The average molecular weight is 520 g/mol. The predicted octanol–water partition coefficient (Wildman–Crippen LogP) is 3.78. The van der Waals surface area contributed by atoms with E-state index in [2.05, 4.69) is 41.3 Å². The molecule has 1 heterocycles. The lowest BCUT2D eigenvalue weighted by Crippen LogP contribution is -2.34. The van der Waals surface area contributed by atoms with Gasteiger partial charge in [-0.25, -0.2) is 23.1 Å². The molecule has 2 aromatic carbocycles. The van der Waals surface area contributed by atoms with E-state index in [0.29, 0.717) is 22.6 Å². The Labute approximate surface area is 193 Å². The molecule has 11 heteroatoms. The fourth-order valence-electron chi connectivity index (χ4n) is 2.61. The molecule has 1 amide bonds. The topological polar surface area (TPSA) is 113 Å². The minimum Gasteiger partial charge on any atom is -0.332 e. The first-order chi connectivity index (χ1) is 14.6. The number of aryl methyl sites for hydroxylation is 2. The van der Waals surface area contributed by atoms with Crippen molar-refractivity contribution in [2.24, 2.45) is 0 Å². The van der Waals surface area contributed by atoms with E-state index in [1.807, 2.05) is 0 Å². The van der Waals surface area contributed by atoms with Crippen LogP contribution in [-0.4, -0.2) is 29.4 Å². The maximum absolute atomic E-state index is 12.6. The fourth-order valence-corrected chi connectivity index (χ4v) is 4.03. The first-order valence-electron chi connectivity index (χ1n) is 8.95. The third kappa shape index (κ3) is 6.29. The van der Waals surface area contributed by atoms with Gasteiger partial charge in [0.1, 0.15) is 0 Å². The normalized spacial score (nSPS) is 10.9. The van der Waals surface area contributed by atoms with Gasteiger partial charge in [-0.05, 0) is 80.7 Å². The van der Waals surface area contributed by atoms with E-state index in [1.165, 1.54) is 24.3 Å². The molecule has 1 aromatic heterocycles. The van der Waals surface area contributed by atoms with Gasteiger partial charge < -0.3 is 5.32 Å². The Balaban J connectivity index is 1.64. The van der Waals surface area contributed by atoms with Crippen LogP contribution >= 0.6 is 28.1 Å². The van der Waals surface area contributed by atoms with Gasteiger partial charge in [0.2, 0.25) is 5.95 Å². The maximum Gasteiger partial charge on any atom is 0.264 e. The number of carbonyl (C=O) groups is 1. The molecule has 3 rings (SSSR count). The number of aromatic nitrogens is 2. The van der Waals surface area contributed by atoms with Crippen molar-refractivity contribution in [2.75, 3.05) is 10.0 Å². The SMILES string of the molecule is Cc1cc(C)nc(NS(=O)(=O)c2ccc(NC(=S)NC(=O)c3ccc(Br)cc3)cc2)n1. The number of carbonyl (C=O) groups excluding carboxylic acids is 1. The van der Waals surface area contributed by atoms with Gasteiger partial charge in [-0.1, -0.05) is 15.9 Å². The highest BCUT2D eigenvalue weighted by Crippen LogP contribution is 2.17. The van der Waals surface area contributed by atoms with Crippen LogP contribution in [0.1, 0.15) is 21.7 Å². The fraction of sp³-hybridized carbons (Fsp3) is 0.100. The number of nitrogens with zero attached hydrogens (tertiary/aromatic N) is 2. The highest BCUT2D eigenvalue weighted by atomic mass is 79.9. The predicted molar refractivity (Wildman–Crippen MR) is 127 cm³/mol. The van der Waals surface area contributed by atoms with E-state index >= 15 is 0 Å². The zero-order chi connectivity index (χ0) is 22.6. The Hall–Kier alpha value is -2.89. The molecule has 0 aliphatic carbocycles. The van der Waals surface area contributed by atoms with Gasteiger partial charge in [-0.3, -0.25) is 10.1 Å². The molecule has 0 bridgehead atoms. The number of sulfonamides is 1. The number of thiocarbonyl (C=S) groups is 1. The molecule has 160 valence electrons. The Kier molecular flexibility index (Phi) is 6.98. The molecule has 0 aliphatic rings. The number of hydrogen-bond acceptors (Lipinski definition) is 6. The summed E-state index contributed by atoms with van der Waals surface area (Å²) in [5.74, 6) is -0.349. The van der Waals surface area contributed by atoms with Gasteiger partial charge in [0.05, 0.1) is 4.90 Å². The summed E-state index contributed by atoms with van der Waals surface area (Å²) in [4.78, 5) is 20.4. The zero-order valence-electron chi connectivity index (χ0n) is 16.5. The minimum absolute atomic E-state index is 0.0107. The summed E-state index contributed by atoms with van der Waals surface area (Å²) < 4.78 is 28.4. The maximum atomic E-state index is 12.6. The molecule has 0 saturated heterocycles. The molecule has 0 radical (unpaired) electrons. The second-order valence-corrected chi connectivity index (χ2v) is 9.53. The quantitative estimate of drug-likeness (QED) is 0.439. The molecule has 3 aromatic rings. The lowest BCUT2D eigenvalue weighted by Gasteiger charge is -2.11. The highest BCUT2D eigenvalue weighted by molar-refractivity contribution is 9.10. The van der Waals surface area contributed by atoms with E-state index in [-0.39, 0.29) is 21.9 Å². The van der Waals surface area contributed by atoms with Crippen LogP contribution in [0.2, 0.25) is 0 Å². The number of hydrogen-bond donors (Lipinski definition) is 3. The summed E-state index contributed by atoms with van der Waals surface area (Å²) in [7, 11) is -3.86. The molecule has 0 unspecified atom stereocenters. The van der Waals surface area contributed by atoms with Crippen molar-refractivity contribution in [1.82, 2.24) is 15.3 Å². The first kappa shape index (κ1) is 22.8. The minimum atomic E-state index is -3.86. The van der Waals surface area contributed by atoms with Gasteiger partial charge in [0.25, 0.3) is 15.9 Å². The van der Waals surface area contributed by atoms with E-state index in [0.717, 1.165) is 4.47 Å². The molecule has 0 spiro atoms. The van der Waals surface area contributed by atoms with Gasteiger partial charge in [0, 0.05) is 27.1 Å². The van der Waals surface area contributed by atoms with Crippen molar-refractivity contribution < 1.29 is 13.2 Å². The largest absolute Gasteiger partial charge is 0.332 e. The van der Waals surface area contributed by atoms with Crippen LogP contribution < -0.4 is 15.4 Å². The monoisotopic (exact) mass is 519 g/mol. The number of benzene rings is 2. The smallest absolute Gasteiger partial charge is 0.264 e. The van der Waals surface area contributed by atoms with Gasteiger partial charge in [-0.2, -0.15) is 0 Å². The van der Waals surface area contributed by atoms with Crippen LogP contribution in [0, 0.1) is 13.8 Å². The number of anilines is 2. The van der Waals surface area contributed by atoms with Crippen molar-refractivity contribution in [2.45, 2.75) is 18.7 Å². The summed E-state index contributed by atoms with van der Waals surface area (Å²) in [5.41, 5.74) is 2.28. The zero-order valence-corrected chi connectivity index (χ0v) is 19.7. The summed E-state index contributed by atoms with van der Waals surface area (Å²) in [5, 5.41) is 5.51. The lowest BCUT2D eigenvalue weighted by atomic mass is 10.2. The van der Waals surface area contributed by atoms with Crippen LogP contribution in [-0.2, 0) is 10.0 Å². The van der Waals surface area contributed by atoms with Gasteiger partial charge in [-0.15, -0.1) is 0 Å². The molecule has 0 aliphatic heterocycles. The van der Waals surface area contributed by atoms with E-state index in [1.54, 1.807) is 44.2 Å². The second kappa shape index (κ2) is 9.50. The van der Waals surface area contributed by atoms with Crippen molar-refractivity contribution in [3.8, 4) is 0 Å². The van der Waals surface area contributed by atoms with Gasteiger partial charge in [0.15, 0.2) is 5.11 Å². The molecular formula is C20H18BrN5O3S2. The summed E-state index contributed by atoms with van der Waals surface area (Å²) in [6.45, 7) is 3.51. The van der Waals surface area contributed by atoms with Crippen LogP contribution in [0.4, 0.5) is 11.6 Å². The molecule has 8 nitrogen and oxygen atoms in total. The molecular weight excluding hydrogens is 502 g/mol. The van der Waals surface area contributed by atoms with E-state index < -0.39 is 10.0 Å². The number of nitrogens with one attached hydrogen (secondary N) is 3. The molecule has 0 atom stereocenters. The van der Waals surface area contributed by atoms with Crippen LogP contribution in [0.25, 0.3) is 0 Å². The number of amides is 1. The summed E-state index contributed by atoms with van der Waals surface area (Å²) in [6.07, 6.45) is 0. The van der Waals surface area contributed by atoms with E-state index in [9.17, 15) is 13.2 Å².